The number of benzene rings is 1. The van der Waals surface area contributed by atoms with Crippen molar-refractivity contribution < 1.29 is 9.90 Å². The second-order valence-electron chi connectivity index (χ2n) is 7.58. The number of carbonyl (C=O) groups is 1. The Hall–Kier alpha value is -1.35. The molecule has 1 fully saturated rings. The maximum absolute atomic E-state index is 13.1. The number of hydrogen-bond acceptors (Lipinski definition) is 2. The number of carbonyl (C=O) groups excluding carboxylic acids is 1. The molecule has 1 unspecified atom stereocenters. The molecule has 1 aliphatic carbocycles. The highest BCUT2D eigenvalue weighted by atomic mass is 16.3. The third-order valence-corrected chi connectivity index (χ3v) is 5.98. The molecule has 114 valence electrons. The molecule has 2 aliphatic rings. The van der Waals surface area contributed by atoms with E-state index in [4.69, 9.17) is 0 Å². The third kappa shape index (κ3) is 2.02. The van der Waals surface area contributed by atoms with Gasteiger partial charge in [0.2, 0.25) is 5.91 Å². The van der Waals surface area contributed by atoms with Crippen molar-refractivity contribution in [1.29, 1.82) is 0 Å². The average Bonchev–Trinajstić information content (AvgIpc) is 2.91. The molecule has 0 aromatic heterocycles. The number of anilines is 1. The lowest BCUT2D eigenvalue weighted by Gasteiger charge is -2.24. The zero-order valence-electron chi connectivity index (χ0n) is 13.4. The number of rotatable bonds is 1. The number of nitrogens with zero attached hydrogens (tertiary/aromatic N) is 1. The maximum atomic E-state index is 13.1. The van der Waals surface area contributed by atoms with Gasteiger partial charge in [-0.25, -0.2) is 0 Å². The molecule has 3 rings (SSSR count). The molecule has 1 aromatic carbocycles. The Morgan fingerprint density at radius 3 is 2.43 bits per heavy atom. The van der Waals surface area contributed by atoms with Crippen LogP contribution >= 0.6 is 0 Å². The molecule has 0 radical (unpaired) electrons. The summed E-state index contributed by atoms with van der Waals surface area (Å²) >= 11 is 0. The Balaban J connectivity index is 1.96. The smallest absolute Gasteiger partial charge is 0.231 e. The van der Waals surface area contributed by atoms with Gasteiger partial charge in [0.25, 0.3) is 0 Å². The monoisotopic (exact) mass is 287 g/mol. The van der Waals surface area contributed by atoms with Crippen LogP contribution in [0.5, 0.6) is 0 Å². The van der Waals surface area contributed by atoms with Gasteiger partial charge in [-0.2, -0.15) is 0 Å². The molecule has 1 aromatic rings. The summed E-state index contributed by atoms with van der Waals surface area (Å²) < 4.78 is 0. The van der Waals surface area contributed by atoms with Crippen molar-refractivity contribution in [3.63, 3.8) is 0 Å². The van der Waals surface area contributed by atoms with E-state index in [2.05, 4.69) is 27.7 Å². The number of para-hydroxylation sites is 1. The first kappa shape index (κ1) is 14.6. The summed E-state index contributed by atoms with van der Waals surface area (Å²) in [6.07, 6.45) is 1.10. The average molecular weight is 287 g/mol. The van der Waals surface area contributed by atoms with E-state index in [1.807, 2.05) is 29.2 Å². The van der Waals surface area contributed by atoms with Crippen LogP contribution in [0.25, 0.3) is 0 Å². The van der Waals surface area contributed by atoms with E-state index in [9.17, 15) is 9.90 Å². The number of aliphatic hydroxyl groups is 1. The summed E-state index contributed by atoms with van der Waals surface area (Å²) in [5.41, 5.74) is 1.87. The lowest BCUT2D eigenvalue weighted by molar-refractivity contribution is -0.120. The van der Waals surface area contributed by atoms with E-state index < -0.39 is 6.10 Å². The fraction of sp³-hybridized carbons (Fsp3) is 0.611. The Morgan fingerprint density at radius 1 is 1.19 bits per heavy atom. The third-order valence-electron chi connectivity index (χ3n) is 5.98. The molecular formula is C18H25NO2. The highest BCUT2D eigenvalue weighted by Crippen LogP contribution is 2.69. The predicted octanol–water partition coefficient (Wildman–Crippen LogP) is 3.53. The summed E-state index contributed by atoms with van der Waals surface area (Å²) in [6.45, 7) is 9.40. The van der Waals surface area contributed by atoms with Crippen LogP contribution in [-0.4, -0.2) is 17.6 Å². The molecule has 0 bridgehead atoms. The standard InChI is InChI=1S/C18H25NO2/c1-17(2)15(18(17,3)4)16(21)19-11-7-10-14(20)12-8-5-6-9-13(12)19/h5-6,8-9,14-15,20H,7,10-11H2,1-4H3. The van der Waals surface area contributed by atoms with E-state index >= 15 is 0 Å². The molecule has 0 saturated heterocycles. The lowest BCUT2D eigenvalue weighted by atomic mass is 10.0. The van der Waals surface area contributed by atoms with Gasteiger partial charge in [-0.05, 0) is 29.7 Å². The summed E-state index contributed by atoms with van der Waals surface area (Å²) in [4.78, 5) is 15.0. The number of amides is 1. The number of fused-ring (bicyclic) bond motifs is 1. The van der Waals surface area contributed by atoms with Crippen LogP contribution in [0.2, 0.25) is 0 Å². The van der Waals surface area contributed by atoms with E-state index in [0.717, 1.165) is 24.1 Å². The Morgan fingerprint density at radius 2 is 1.81 bits per heavy atom. The minimum Gasteiger partial charge on any atom is -0.388 e. The number of hydrogen-bond donors (Lipinski definition) is 1. The van der Waals surface area contributed by atoms with Crippen LogP contribution in [0.1, 0.15) is 52.2 Å². The van der Waals surface area contributed by atoms with Crippen molar-refractivity contribution in [2.45, 2.75) is 46.6 Å². The molecule has 3 nitrogen and oxygen atoms in total. The molecule has 1 aliphatic heterocycles. The zero-order chi connectivity index (χ0) is 15.4. The topological polar surface area (TPSA) is 40.5 Å². The molecule has 3 heteroatoms. The summed E-state index contributed by atoms with van der Waals surface area (Å²) in [5, 5.41) is 10.3. The van der Waals surface area contributed by atoms with Gasteiger partial charge in [-0.1, -0.05) is 45.9 Å². The molecule has 1 atom stereocenters. The van der Waals surface area contributed by atoms with Gasteiger partial charge < -0.3 is 10.0 Å². The van der Waals surface area contributed by atoms with Crippen LogP contribution < -0.4 is 4.90 Å². The van der Waals surface area contributed by atoms with Gasteiger partial charge >= 0.3 is 0 Å². The minimum atomic E-state index is -0.459. The van der Waals surface area contributed by atoms with Crippen LogP contribution in [0, 0.1) is 16.7 Å². The molecule has 21 heavy (non-hydrogen) atoms. The van der Waals surface area contributed by atoms with Crippen molar-refractivity contribution in [3.8, 4) is 0 Å². The summed E-state index contributed by atoms with van der Waals surface area (Å²) in [6, 6.07) is 7.78. The second kappa shape index (κ2) is 4.57. The summed E-state index contributed by atoms with van der Waals surface area (Å²) in [7, 11) is 0. The fourth-order valence-electron chi connectivity index (χ4n) is 3.93. The van der Waals surface area contributed by atoms with Gasteiger partial charge in [-0.3, -0.25) is 4.79 Å². The largest absolute Gasteiger partial charge is 0.388 e. The Labute approximate surface area is 127 Å². The maximum Gasteiger partial charge on any atom is 0.231 e. The van der Waals surface area contributed by atoms with Gasteiger partial charge in [0, 0.05) is 23.7 Å². The molecule has 1 saturated carbocycles. The first-order valence-corrected chi connectivity index (χ1v) is 7.87. The van der Waals surface area contributed by atoms with Crippen LogP contribution in [-0.2, 0) is 4.79 Å². The SMILES string of the molecule is CC1(C)C(C(=O)N2CCCC(O)c3ccccc32)C1(C)C. The first-order chi connectivity index (χ1) is 9.78. The molecular weight excluding hydrogens is 262 g/mol. The van der Waals surface area contributed by atoms with Gasteiger partial charge in [0.05, 0.1) is 6.10 Å². The zero-order valence-corrected chi connectivity index (χ0v) is 13.4. The van der Waals surface area contributed by atoms with Crippen LogP contribution in [0.3, 0.4) is 0 Å². The van der Waals surface area contributed by atoms with Gasteiger partial charge in [-0.15, -0.1) is 0 Å². The van der Waals surface area contributed by atoms with Crippen LogP contribution in [0.4, 0.5) is 5.69 Å². The second-order valence-corrected chi connectivity index (χ2v) is 7.58. The molecule has 1 heterocycles. The fourth-order valence-corrected chi connectivity index (χ4v) is 3.93. The van der Waals surface area contributed by atoms with Crippen molar-refractivity contribution in [1.82, 2.24) is 0 Å². The van der Waals surface area contributed by atoms with Crippen molar-refractivity contribution in [3.05, 3.63) is 29.8 Å². The van der Waals surface area contributed by atoms with Crippen LogP contribution in [0.15, 0.2) is 24.3 Å². The van der Waals surface area contributed by atoms with Crippen molar-refractivity contribution in [2.24, 2.45) is 16.7 Å². The lowest BCUT2D eigenvalue weighted by Crippen LogP contribution is -2.34. The molecule has 1 amide bonds. The Bertz CT molecular complexity index is 562. The van der Waals surface area contributed by atoms with E-state index in [-0.39, 0.29) is 22.7 Å². The normalized spacial score (nSPS) is 26.9. The Kier molecular flexibility index (Phi) is 3.17. The van der Waals surface area contributed by atoms with Crippen molar-refractivity contribution in [2.75, 3.05) is 11.4 Å². The van der Waals surface area contributed by atoms with Crippen molar-refractivity contribution >= 4 is 11.6 Å². The van der Waals surface area contributed by atoms with E-state index in [0.29, 0.717) is 6.54 Å². The van der Waals surface area contributed by atoms with Gasteiger partial charge in [0.15, 0.2) is 0 Å². The summed E-state index contributed by atoms with van der Waals surface area (Å²) in [5.74, 6) is 0.278. The van der Waals surface area contributed by atoms with Gasteiger partial charge in [0.1, 0.15) is 0 Å². The van der Waals surface area contributed by atoms with E-state index in [1.165, 1.54) is 0 Å². The molecule has 1 N–H and O–H groups in total. The highest BCUT2D eigenvalue weighted by molar-refractivity contribution is 5.99. The van der Waals surface area contributed by atoms with E-state index in [1.54, 1.807) is 0 Å². The quantitative estimate of drug-likeness (QED) is 0.858. The minimum absolute atomic E-state index is 0.0456. The molecule has 0 spiro atoms. The predicted molar refractivity (Wildman–Crippen MR) is 84.0 cm³/mol. The number of aliphatic hydroxyl groups excluding tert-OH is 1. The highest BCUT2D eigenvalue weighted by Gasteiger charge is 2.69. The first-order valence-electron chi connectivity index (χ1n) is 7.87.